The predicted molar refractivity (Wildman–Crippen MR) is 45.6 cm³/mol. The molecule has 0 radical (unpaired) electrons. The van der Waals surface area contributed by atoms with Gasteiger partial charge in [0, 0.05) is 5.56 Å². The van der Waals surface area contributed by atoms with Gasteiger partial charge in [0.15, 0.2) is 0 Å². The Labute approximate surface area is 78.3 Å². The highest BCUT2D eigenvalue weighted by Crippen LogP contribution is 2.25. The van der Waals surface area contributed by atoms with Gasteiger partial charge in [0.2, 0.25) is 0 Å². The van der Waals surface area contributed by atoms with Crippen molar-refractivity contribution >= 4 is 29.0 Å². The van der Waals surface area contributed by atoms with Crippen molar-refractivity contribution in [2.24, 2.45) is 0 Å². The van der Waals surface area contributed by atoms with Crippen LogP contribution in [-0.2, 0) is 0 Å². The third kappa shape index (κ3) is 1.65. The Kier molecular flexibility index (Phi) is 2.49. The number of hydrogen-bond donors (Lipinski definition) is 0. The molecule has 1 aromatic rings. The Bertz CT molecular complexity index is 341. The summed E-state index contributed by atoms with van der Waals surface area (Å²) in [5, 5.41) is 10.5. The molecule has 0 aliphatic rings. The van der Waals surface area contributed by atoms with Crippen LogP contribution < -0.4 is 0 Å². The van der Waals surface area contributed by atoms with Crippen LogP contribution in [0.15, 0.2) is 6.07 Å². The first-order valence-corrected chi connectivity index (χ1v) is 3.75. The SMILES string of the molecule is Cc1cc(Cl)c(Cl)nc1[N+](=O)[O-]. The zero-order chi connectivity index (χ0) is 9.30. The predicted octanol–water partition coefficient (Wildman–Crippen LogP) is 2.61. The second kappa shape index (κ2) is 3.25. The molecule has 0 saturated carbocycles. The van der Waals surface area contributed by atoms with Gasteiger partial charge in [-0.1, -0.05) is 11.6 Å². The lowest BCUT2D eigenvalue weighted by molar-refractivity contribution is -0.390. The summed E-state index contributed by atoms with van der Waals surface area (Å²) < 4.78 is 0. The molecule has 0 spiro atoms. The molecule has 0 aromatic carbocycles. The van der Waals surface area contributed by atoms with Crippen LogP contribution in [0.25, 0.3) is 0 Å². The lowest BCUT2D eigenvalue weighted by Gasteiger charge is -1.96. The van der Waals surface area contributed by atoms with E-state index >= 15 is 0 Å². The van der Waals surface area contributed by atoms with E-state index in [-0.39, 0.29) is 16.0 Å². The smallest absolute Gasteiger partial charge is 0.358 e. The minimum atomic E-state index is -0.600. The minimum Gasteiger partial charge on any atom is -0.358 e. The molecule has 0 saturated heterocycles. The van der Waals surface area contributed by atoms with Crippen LogP contribution in [0.2, 0.25) is 10.2 Å². The Hall–Kier alpha value is -0.870. The summed E-state index contributed by atoms with van der Waals surface area (Å²) in [5.74, 6) is -0.260. The van der Waals surface area contributed by atoms with Crippen LogP contribution in [0.1, 0.15) is 5.56 Å². The third-order valence-electron chi connectivity index (χ3n) is 1.27. The minimum absolute atomic E-state index is 0.0473. The van der Waals surface area contributed by atoms with Gasteiger partial charge >= 0.3 is 5.82 Å². The van der Waals surface area contributed by atoms with Crippen LogP contribution in [-0.4, -0.2) is 9.91 Å². The number of pyridine rings is 1. The normalized spacial score (nSPS) is 9.92. The molecule has 6 heteroatoms. The van der Waals surface area contributed by atoms with Gasteiger partial charge in [-0.05, 0) is 34.5 Å². The molecule has 0 atom stereocenters. The van der Waals surface area contributed by atoms with E-state index < -0.39 is 4.92 Å². The zero-order valence-electron chi connectivity index (χ0n) is 6.04. The molecule has 0 aliphatic heterocycles. The fraction of sp³-hybridized carbons (Fsp3) is 0.167. The van der Waals surface area contributed by atoms with E-state index in [1.54, 1.807) is 6.92 Å². The molecular weight excluding hydrogens is 203 g/mol. The molecule has 0 N–H and O–H groups in total. The van der Waals surface area contributed by atoms with Crippen LogP contribution in [0.3, 0.4) is 0 Å². The Morgan fingerprint density at radius 3 is 2.67 bits per heavy atom. The largest absolute Gasteiger partial charge is 0.368 e. The van der Waals surface area contributed by atoms with Crippen molar-refractivity contribution in [2.45, 2.75) is 6.92 Å². The maximum atomic E-state index is 10.3. The summed E-state index contributed by atoms with van der Waals surface area (Å²) >= 11 is 11.1. The van der Waals surface area contributed by atoms with E-state index in [0.29, 0.717) is 5.56 Å². The Balaban J connectivity index is 3.33. The van der Waals surface area contributed by atoms with Crippen molar-refractivity contribution in [3.05, 3.63) is 31.9 Å². The van der Waals surface area contributed by atoms with Gasteiger partial charge in [-0.25, -0.2) is 0 Å². The molecule has 4 nitrogen and oxygen atoms in total. The molecule has 0 bridgehead atoms. The number of aromatic nitrogens is 1. The van der Waals surface area contributed by atoms with Gasteiger partial charge in [-0.2, -0.15) is 0 Å². The van der Waals surface area contributed by atoms with E-state index in [9.17, 15) is 10.1 Å². The Morgan fingerprint density at radius 1 is 1.58 bits per heavy atom. The third-order valence-corrected chi connectivity index (χ3v) is 1.94. The highest BCUT2D eigenvalue weighted by Gasteiger charge is 2.16. The highest BCUT2D eigenvalue weighted by molar-refractivity contribution is 6.41. The van der Waals surface area contributed by atoms with Gasteiger partial charge in [0.25, 0.3) is 5.15 Å². The van der Waals surface area contributed by atoms with Crippen molar-refractivity contribution in [1.29, 1.82) is 0 Å². The molecule has 0 unspecified atom stereocenters. The number of hydrogen-bond acceptors (Lipinski definition) is 3. The van der Waals surface area contributed by atoms with E-state index in [2.05, 4.69) is 4.98 Å². The van der Waals surface area contributed by atoms with Crippen LogP contribution in [0.4, 0.5) is 5.82 Å². The molecule has 12 heavy (non-hydrogen) atoms. The summed E-state index contributed by atoms with van der Waals surface area (Å²) in [7, 11) is 0. The quantitative estimate of drug-likeness (QED) is 0.404. The fourth-order valence-corrected chi connectivity index (χ4v) is 1.07. The van der Waals surface area contributed by atoms with Crippen molar-refractivity contribution in [3.8, 4) is 0 Å². The van der Waals surface area contributed by atoms with Crippen LogP contribution in [0, 0.1) is 17.0 Å². The number of rotatable bonds is 1. The number of aryl methyl sites for hydroxylation is 1. The van der Waals surface area contributed by atoms with Crippen LogP contribution >= 0.6 is 23.2 Å². The molecule has 1 aromatic heterocycles. The van der Waals surface area contributed by atoms with Gasteiger partial charge in [-0.3, -0.25) is 0 Å². The highest BCUT2D eigenvalue weighted by atomic mass is 35.5. The fourth-order valence-electron chi connectivity index (χ4n) is 0.734. The van der Waals surface area contributed by atoms with Crippen molar-refractivity contribution in [3.63, 3.8) is 0 Å². The second-order valence-corrected chi connectivity index (χ2v) is 2.92. The molecule has 0 fully saturated rings. The first kappa shape index (κ1) is 9.22. The summed E-state index contributed by atoms with van der Waals surface area (Å²) in [6.45, 7) is 1.55. The number of halogens is 2. The van der Waals surface area contributed by atoms with Crippen molar-refractivity contribution in [2.75, 3.05) is 0 Å². The van der Waals surface area contributed by atoms with Gasteiger partial charge in [0.05, 0.1) is 0 Å². The molecule has 1 heterocycles. The molecule has 0 amide bonds. The van der Waals surface area contributed by atoms with E-state index in [4.69, 9.17) is 23.2 Å². The maximum Gasteiger partial charge on any atom is 0.368 e. The topological polar surface area (TPSA) is 56.0 Å². The molecular formula is C6H4Cl2N2O2. The summed E-state index contributed by atoms with van der Waals surface area (Å²) in [6.07, 6.45) is 0. The molecule has 64 valence electrons. The number of nitrogens with zero attached hydrogens (tertiary/aromatic N) is 2. The lowest BCUT2D eigenvalue weighted by atomic mass is 10.3. The lowest BCUT2D eigenvalue weighted by Crippen LogP contribution is -1.95. The second-order valence-electron chi connectivity index (χ2n) is 2.16. The summed E-state index contributed by atoms with van der Waals surface area (Å²) in [5.41, 5.74) is 0.398. The standard InChI is InChI=1S/C6H4Cl2N2O2/c1-3-2-4(7)5(8)9-6(3)10(11)12/h2H,1H3. The van der Waals surface area contributed by atoms with E-state index in [0.717, 1.165) is 0 Å². The summed E-state index contributed by atoms with van der Waals surface area (Å²) in [4.78, 5) is 13.2. The summed E-state index contributed by atoms with van der Waals surface area (Å²) in [6, 6.07) is 1.41. The van der Waals surface area contributed by atoms with Gasteiger partial charge in [0.1, 0.15) is 5.02 Å². The maximum absolute atomic E-state index is 10.3. The average molecular weight is 207 g/mol. The monoisotopic (exact) mass is 206 g/mol. The molecule has 0 aliphatic carbocycles. The first-order chi connectivity index (χ1) is 5.52. The van der Waals surface area contributed by atoms with E-state index in [1.165, 1.54) is 6.07 Å². The van der Waals surface area contributed by atoms with Crippen molar-refractivity contribution in [1.82, 2.24) is 4.98 Å². The zero-order valence-corrected chi connectivity index (χ0v) is 7.56. The van der Waals surface area contributed by atoms with Gasteiger partial charge < -0.3 is 10.1 Å². The van der Waals surface area contributed by atoms with E-state index in [1.807, 2.05) is 0 Å². The Morgan fingerprint density at radius 2 is 2.17 bits per heavy atom. The number of nitro groups is 1. The van der Waals surface area contributed by atoms with Gasteiger partial charge in [-0.15, -0.1) is 0 Å². The van der Waals surface area contributed by atoms with Crippen molar-refractivity contribution < 1.29 is 4.92 Å². The first-order valence-electron chi connectivity index (χ1n) is 2.99. The van der Waals surface area contributed by atoms with Crippen LogP contribution in [0.5, 0.6) is 0 Å². The average Bonchev–Trinajstić information content (AvgIpc) is 1.96. The molecule has 1 rings (SSSR count).